The fourth-order valence-corrected chi connectivity index (χ4v) is 2.69. The number of fused-ring (bicyclic) bond motifs is 1. The topological polar surface area (TPSA) is 52.6 Å². The first-order valence-corrected chi connectivity index (χ1v) is 6.58. The van der Waals surface area contributed by atoms with E-state index in [-0.39, 0.29) is 12.0 Å². The number of carbonyl (C=O) groups is 1. The van der Waals surface area contributed by atoms with Crippen molar-refractivity contribution in [3.63, 3.8) is 0 Å². The number of amides is 1. The van der Waals surface area contributed by atoms with E-state index in [1.165, 1.54) is 11.3 Å². The van der Waals surface area contributed by atoms with Gasteiger partial charge in [-0.15, -0.1) is 0 Å². The number of aliphatic hydroxyl groups is 1. The van der Waals surface area contributed by atoms with Crippen LogP contribution in [0.4, 0.5) is 11.4 Å². The Labute approximate surface area is 107 Å². The molecule has 0 unspecified atom stereocenters. The van der Waals surface area contributed by atoms with Crippen LogP contribution < -0.4 is 10.2 Å². The van der Waals surface area contributed by atoms with Crippen LogP contribution in [0.25, 0.3) is 0 Å². The molecular weight excluding hydrogens is 228 g/mol. The van der Waals surface area contributed by atoms with Crippen molar-refractivity contribution in [2.45, 2.75) is 31.8 Å². The van der Waals surface area contributed by atoms with Gasteiger partial charge in [-0.1, -0.05) is 0 Å². The van der Waals surface area contributed by atoms with Crippen molar-refractivity contribution in [3.8, 4) is 0 Å². The summed E-state index contributed by atoms with van der Waals surface area (Å²) in [6.45, 7) is 1.82. The summed E-state index contributed by atoms with van der Waals surface area (Å²) in [6.07, 6.45) is 2.95. The van der Waals surface area contributed by atoms with E-state index in [4.69, 9.17) is 0 Å². The first-order chi connectivity index (χ1) is 8.72. The van der Waals surface area contributed by atoms with Gasteiger partial charge >= 0.3 is 0 Å². The minimum Gasteiger partial charge on any atom is -0.393 e. The summed E-state index contributed by atoms with van der Waals surface area (Å²) in [7, 11) is 0. The van der Waals surface area contributed by atoms with Gasteiger partial charge in [-0.2, -0.15) is 0 Å². The number of hydrogen-bond acceptors (Lipinski definition) is 3. The summed E-state index contributed by atoms with van der Waals surface area (Å²) >= 11 is 0. The van der Waals surface area contributed by atoms with E-state index in [1.807, 2.05) is 6.07 Å². The molecule has 2 N–H and O–H groups in total. The van der Waals surface area contributed by atoms with Crippen LogP contribution in [0, 0.1) is 0 Å². The maximum atomic E-state index is 11.3. The molecule has 2 aliphatic heterocycles. The number of carbonyl (C=O) groups excluding carboxylic acids is 1. The van der Waals surface area contributed by atoms with Gasteiger partial charge in [0, 0.05) is 30.9 Å². The highest BCUT2D eigenvalue weighted by Gasteiger charge is 2.20. The summed E-state index contributed by atoms with van der Waals surface area (Å²) in [5.41, 5.74) is 3.38. The van der Waals surface area contributed by atoms with E-state index in [1.54, 1.807) is 0 Å². The van der Waals surface area contributed by atoms with Gasteiger partial charge in [-0.05, 0) is 43.0 Å². The Morgan fingerprint density at radius 2 is 2.00 bits per heavy atom. The van der Waals surface area contributed by atoms with Crippen LogP contribution in [0.15, 0.2) is 18.2 Å². The number of benzene rings is 1. The molecule has 0 spiro atoms. The van der Waals surface area contributed by atoms with Gasteiger partial charge in [-0.3, -0.25) is 4.79 Å². The molecule has 1 aromatic carbocycles. The van der Waals surface area contributed by atoms with Gasteiger partial charge in [0.15, 0.2) is 0 Å². The summed E-state index contributed by atoms with van der Waals surface area (Å²) in [5.74, 6) is 0.108. The number of aryl methyl sites for hydroxylation is 1. The highest BCUT2D eigenvalue weighted by atomic mass is 16.3. The van der Waals surface area contributed by atoms with Crippen molar-refractivity contribution in [2.24, 2.45) is 0 Å². The predicted octanol–water partition coefficient (Wildman–Crippen LogP) is 1.53. The fraction of sp³-hybridized carbons (Fsp3) is 0.500. The normalized spacial score (nSPS) is 20.5. The van der Waals surface area contributed by atoms with Gasteiger partial charge in [0.05, 0.1) is 6.10 Å². The Morgan fingerprint density at radius 1 is 1.22 bits per heavy atom. The number of nitrogens with zero attached hydrogens (tertiary/aromatic N) is 1. The molecule has 18 heavy (non-hydrogen) atoms. The Balaban J connectivity index is 1.80. The molecule has 0 atom stereocenters. The first-order valence-electron chi connectivity index (χ1n) is 6.58. The molecule has 96 valence electrons. The smallest absolute Gasteiger partial charge is 0.224 e. The minimum absolute atomic E-state index is 0.108. The molecule has 0 aromatic heterocycles. The van der Waals surface area contributed by atoms with Gasteiger partial charge < -0.3 is 15.3 Å². The molecule has 1 saturated heterocycles. The lowest BCUT2D eigenvalue weighted by atomic mass is 10.0. The standard InChI is InChI=1S/C14H18N2O2/c17-12-5-7-16(8-6-12)11-2-3-13-10(9-11)1-4-14(18)15-13/h2-3,9,12,17H,1,4-8H2,(H,15,18). The molecule has 4 heteroatoms. The second kappa shape index (κ2) is 4.61. The molecule has 0 aliphatic carbocycles. The lowest BCUT2D eigenvalue weighted by molar-refractivity contribution is -0.116. The Bertz CT molecular complexity index is 465. The molecule has 1 fully saturated rings. The number of rotatable bonds is 1. The van der Waals surface area contributed by atoms with E-state index in [2.05, 4.69) is 22.3 Å². The number of aliphatic hydroxyl groups excluding tert-OH is 1. The quantitative estimate of drug-likeness (QED) is 0.790. The molecule has 2 aliphatic rings. The molecule has 1 aromatic rings. The van der Waals surface area contributed by atoms with Gasteiger partial charge in [0.25, 0.3) is 0 Å². The molecule has 2 heterocycles. The van der Waals surface area contributed by atoms with E-state index >= 15 is 0 Å². The van der Waals surface area contributed by atoms with E-state index in [9.17, 15) is 9.90 Å². The Hall–Kier alpha value is -1.55. The number of anilines is 2. The lowest BCUT2D eigenvalue weighted by Crippen LogP contribution is -2.35. The molecule has 0 saturated carbocycles. The highest BCUT2D eigenvalue weighted by Crippen LogP contribution is 2.28. The third-order valence-corrected chi connectivity index (χ3v) is 3.81. The summed E-state index contributed by atoms with van der Waals surface area (Å²) in [6, 6.07) is 6.22. The lowest BCUT2D eigenvalue weighted by Gasteiger charge is -2.32. The molecule has 1 amide bonds. The van der Waals surface area contributed by atoms with E-state index in [0.29, 0.717) is 6.42 Å². The second-order valence-corrected chi connectivity index (χ2v) is 5.11. The number of piperidine rings is 1. The SMILES string of the molecule is O=C1CCc2cc(N3CCC(O)CC3)ccc2N1. The van der Waals surface area contributed by atoms with E-state index < -0.39 is 0 Å². The highest BCUT2D eigenvalue weighted by molar-refractivity contribution is 5.94. The van der Waals surface area contributed by atoms with Gasteiger partial charge in [-0.25, -0.2) is 0 Å². The predicted molar refractivity (Wildman–Crippen MR) is 70.8 cm³/mol. The zero-order valence-corrected chi connectivity index (χ0v) is 10.4. The van der Waals surface area contributed by atoms with Crippen LogP contribution in [-0.2, 0) is 11.2 Å². The molecular formula is C14H18N2O2. The maximum Gasteiger partial charge on any atom is 0.224 e. The number of nitrogens with one attached hydrogen (secondary N) is 1. The van der Waals surface area contributed by atoms with Crippen molar-refractivity contribution in [1.29, 1.82) is 0 Å². The van der Waals surface area contributed by atoms with Gasteiger partial charge in [0.1, 0.15) is 0 Å². The third-order valence-electron chi connectivity index (χ3n) is 3.81. The molecule has 0 radical (unpaired) electrons. The Morgan fingerprint density at radius 3 is 2.78 bits per heavy atom. The van der Waals surface area contributed by atoms with Crippen molar-refractivity contribution in [2.75, 3.05) is 23.3 Å². The van der Waals surface area contributed by atoms with Crippen LogP contribution >= 0.6 is 0 Å². The van der Waals surface area contributed by atoms with Crippen molar-refractivity contribution in [1.82, 2.24) is 0 Å². The van der Waals surface area contributed by atoms with Crippen molar-refractivity contribution >= 4 is 17.3 Å². The maximum absolute atomic E-state index is 11.3. The average Bonchev–Trinajstić information content (AvgIpc) is 2.39. The van der Waals surface area contributed by atoms with Crippen molar-refractivity contribution < 1.29 is 9.90 Å². The van der Waals surface area contributed by atoms with Crippen LogP contribution in [0.3, 0.4) is 0 Å². The molecule has 4 nitrogen and oxygen atoms in total. The molecule has 0 bridgehead atoms. The third kappa shape index (κ3) is 2.20. The second-order valence-electron chi connectivity index (χ2n) is 5.11. The summed E-state index contributed by atoms with van der Waals surface area (Å²) < 4.78 is 0. The van der Waals surface area contributed by atoms with Crippen LogP contribution in [0.1, 0.15) is 24.8 Å². The van der Waals surface area contributed by atoms with Crippen LogP contribution in [0.5, 0.6) is 0 Å². The monoisotopic (exact) mass is 246 g/mol. The molecule has 3 rings (SSSR count). The average molecular weight is 246 g/mol. The summed E-state index contributed by atoms with van der Waals surface area (Å²) in [5, 5.41) is 12.4. The Kier molecular flexibility index (Phi) is 2.96. The fourth-order valence-electron chi connectivity index (χ4n) is 2.69. The van der Waals surface area contributed by atoms with Crippen LogP contribution in [0.2, 0.25) is 0 Å². The van der Waals surface area contributed by atoms with Crippen LogP contribution in [-0.4, -0.2) is 30.2 Å². The van der Waals surface area contributed by atoms with E-state index in [0.717, 1.165) is 38.0 Å². The van der Waals surface area contributed by atoms with Gasteiger partial charge in [0.2, 0.25) is 5.91 Å². The zero-order chi connectivity index (χ0) is 12.5. The van der Waals surface area contributed by atoms with Crippen molar-refractivity contribution in [3.05, 3.63) is 23.8 Å². The summed E-state index contributed by atoms with van der Waals surface area (Å²) in [4.78, 5) is 13.6. The number of hydrogen-bond donors (Lipinski definition) is 2. The first kappa shape index (κ1) is 11.5. The minimum atomic E-state index is -0.141. The zero-order valence-electron chi connectivity index (χ0n) is 10.4. The largest absolute Gasteiger partial charge is 0.393 e.